The van der Waals surface area contributed by atoms with E-state index >= 15 is 0 Å². The van der Waals surface area contributed by atoms with Gasteiger partial charge in [0.1, 0.15) is 0 Å². The molecule has 1 aromatic carbocycles. The predicted molar refractivity (Wildman–Crippen MR) is 85.7 cm³/mol. The largest absolute Gasteiger partial charge is 0.371 e. The van der Waals surface area contributed by atoms with Crippen LogP contribution >= 0.6 is 0 Å². The molecule has 0 aliphatic heterocycles. The second-order valence-corrected chi connectivity index (χ2v) is 6.14. The highest BCUT2D eigenvalue weighted by atomic mass is 15.1. The van der Waals surface area contributed by atoms with Crippen molar-refractivity contribution in [2.45, 2.75) is 41.2 Å². The fourth-order valence-corrected chi connectivity index (χ4v) is 2.26. The van der Waals surface area contributed by atoms with Crippen LogP contribution in [0.4, 0.5) is 5.69 Å². The van der Waals surface area contributed by atoms with Gasteiger partial charge in [0.2, 0.25) is 0 Å². The topological polar surface area (TPSA) is 15.3 Å². The van der Waals surface area contributed by atoms with Crippen molar-refractivity contribution >= 4 is 5.69 Å². The molecule has 2 nitrogen and oxygen atoms in total. The summed E-state index contributed by atoms with van der Waals surface area (Å²) in [6.07, 6.45) is 0. The first-order chi connectivity index (χ1) is 9.02. The summed E-state index contributed by atoms with van der Waals surface area (Å²) in [4.78, 5) is 2.51. The summed E-state index contributed by atoms with van der Waals surface area (Å²) in [5.41, 5.74) is 2.71. The van der Waals surface area contributed by atoms with Gasteiger partial charge >= 0.3 is 0 Å². The number of nitrogens with one attached hydrogen (secondary N) is 1. The Morgan fingerprint density at radius 1 is 0.947 bits per heavy atom. The summed E-state index contributed by atoms with van der Waals surface area (Å²) in [5.74, 6) is 1.39. The molecule has 0 heterocycles. The molecule has 0 aromatic heterocycles. The third kappa shape index (κ3) is 6.11. The number of rotatable bonds is 8. The van der Waals surface area contributed by atoms with Gasteiger partial charge in [-0.3, -0.25) is 0 Å². The maximum Gasteiger partial charge on any atom is 0.0366 e. The van der Waals surface area contributed by atoms with Crippen LogP contribution in [-0.2, 0) is 6.54 Å². The molecule has 0 amide bonds. The van der Waals surface area contributed by atoms with Gasteiger partial charge in [-0.1, -0.05) is 46.8 Å². The monoisotopic (exact) mass is 262 g/mol. The van der Waals surface area contributed by atoms with Crippen LogP contribution in [0.15, 0.2) is 24.3 Å². The Kier molecular flexibility index (Phi) is 6.93. The molecule has 0 saturated carbocycles. The van der Waals surface area contributed by atoms with Crippen molar-refractivity contribution in [1.29, 1.82) is 0 Å². The molecule has 0 saturated heterocycles. The Balaban J connectivity index is 2.72. The third-order valence-corrected chi connectivity index (χ3v) is 3.05. The van der Waals surface area contributed by atoms with Gasteiger partial charge in [0.15, 0.2) is 0 Å². The lowest BCUT2D eigenvalue weighted by Crippen LogP contribution is -2.31. The van der Waals surface area contributed by atoms with Gasteiger partial charge in [0.25, 0.3) is 0 Å². The van der Waals surface area contributed by atoms with E-state index in [0.717, 1.165) is 26.2 Å². The highest BCUT2D eigenvalue weighted by molar-refractivity contribution is 5.47. The number of nitrogens with zero attached hydrogens (tertiary/aromatic N) is 1. The van der Waals surface area contributed by atoms with Crippen molar-refractivity contribution in [3.63, 3.8) is 0 Å². The maximum atomic E-state index is 3.36. The van der Waals surface area contributed by atoms with Crippen molar-refractivity contribution in [3.05, 3.63) is 29.8 Å². The van der Waals surface area contributed by atoms with Crippen molar-refractivity contribution in [2.24, 2.45) is 11.8 Å². The minimum atomic E-state index is 0.695. The molecule has 0 spiro atoms. The maximum absolute atomic E-state index is 3.36. The summed E-state index contributed by atoms with van der Waals surface area (Å²) in [5, 5.41) is 3.36. The molecule has 1 N–H and O–H groups in total. The fourth-order valence-electron chi connectivity index (χ4n) is 2.26. The molecule has 1 rings (SSSR count). The molecule has 2 heteroatoms. The van der Waals surface area contributed by atoms with Crippen LogP contribution in [0.5, 0.6) is 0 Å². The molecular formula is C17H30N2. The normalized spacial score (nSPS) is 11.3. The standard InChI is InChI=1S/C17H30N2/c1-6-18-11-16-7-9-17(10-8-16)19(12-14(2)3)13-15(4)5/h7-10,14-15,18H,6,11-13H2,1-5H3. The highest BCUT2D eigenvalue weighted by Crippen LogP contribution is 2.18. The molecule has 108 valence electrons. The zero-order valence-electron chi connectivity index (χ0n) is 13.2. The average molecular weight is 262 g/mol. The van der Waals surface area contributed by atoms with E-state index in [1.54, 1.807) is 0 Å². The van der Waals surface area contributed by atoms with E-state index in [1.807, 2.05) is 0 Å². The molecule has 0 unspecified atom stereocenters. The molecule has 19 heavy (non-hydrogen) atoms. The second kappa shape index (κ2) is 8.21. The van der Waals surface area contributed by atoms with Crippen LogP contribution in [0, 0.1) is 11.8 Å². The van der Waals surface area contributed by atoms with Crippen molar-refractivity contribution in [2.75, 3.05) is 24.5 Å². The molecule has 0 radical (unpaired) electrons. The van der Waals surface area contributed by atoms with E-state index in [4.69, 9.17) is 0 Å². The lowest BCUT2D eigenvalue weighted by Gasteiger charge is -2.28. The van der Waals surface area contributed by atoms with Gasteiger partial charge in [0, 0.05) is 25.3 Å². The van der Waals surface area contributed by atoms with Crippen molar-refractivity contribution in [3.8, 4) is 0 Å². The average Bonchev–Trinajstić information content (AvgIpc) is 2.35. The molecular weight excluding hydrogens is 232 g/mol. The smallest absolute Gasteiger partial charge is 0.0366 e. The van der Waals surface area contributed by atoms with Gasteiger partial charge in [-0.25, -0.2) is 0 Å². The molecule has 0 bridgehead atoms. The van der Waals surface area contributed by atoms with E-state index in [2.05, 4.69) is 69.1 Å². The van der Waals surface area contributed by atoms with Gasteiger partial charge in [-0.2, -0.15) is 0 Å². The Bertz CT molecular complexity index is 331. The number of benzene rings is 1. The lowest BCUT2D eigenvalue weighted by molar-refractivity contribution is 0.552. The minimum absolute atomic E-state index is 0.695. The Labute approximate surface area is 119 Å². The lowest BCUT2D eigenvalue weighted by atomic mass is 10.1. The zero-order chi connectivity index (χ0) is 14.3. The van der Waals surface area contributed by atoms with E-state index in [1.165, 1.54) is 11.3 Å². The van der Waals surface area contributed by atoms with Crippen molar-refractivity contribution < 1.29 is 0 Å². The Hall–Kier alpha value is -1.02. The fraction of sp³-hybridized carbons (Fsp3) is 0.647. The Morgan fingerprint density at radius 3 is 1.89 bits per heavy atom. The van der Waals surface area contributed by atoms with E-state index in [0.29, 0.717) is 11.8 Å². The van der Waals surface area contributed by atoms with Crippen LogP contribution in [0.3, 0.4) is 0 Å². The van der Waals surface area contributed by atoms with Crippen LogP contribution in [0.2, 0.25) is 0 Å². The zero-order valence-corrected chi connectivity index (χ0v) is 13.2. The first-order valence-corrected chi connectivity index (χ1v) is 7.57. The Morgan fingerprint density at radius 2 is 1.47 bits per heavy atom. The highest BCUT2D eigenvalue weighted by Gasteiger charge is 2.10. The SMILES string of the molecule is CCNCc1ccc(N(CC(C)C)CC(C)C)cc1. The summed E-state index contributed by atoms with van der Waals surface area (Å²) in [7, 11) is 0. The van der Waals surface area contributed by atoms with Gasteiger partial charge in [-0.15, -0.1) is 0 Å². The quantitative estimate of drug-likeness (QED) is 0.764. The van der Waals surface area contributed by atoms with Gasteiger partial charge < -0.3 is 10.2 Å². The first kappa shape index (κ1) is 16.0. The summed E-state index contributed by atoms with van der Waals surface area (Å²) >= 11 is 0. The number of hydrogen-bond donors (Lipinski definition) is 1. The molecule has 0 aliphatic rings. The number of anilines is 1. The van der Waals surface area contributed by atoms with E-state index < -0.39 is 0 Å². The van der Waals surface area contributed by atoms with Crippen LogP contribution < -0.4 is 10.2 Å². The van der Waals surface area contributed by atoms with Crippen LogP contribution in [0.25, 0.3) is 0 Å². The summed E-state index contributed by atoms with van der Waals surface area (Å²) in [6, 6.07) is 9.01. The predicted octanol–water partition coefficient (Wildman–Crippen LogP) is 3.91. The third-order valence-electron chi connectivity index (χ3n) is 3.05. The molecule has 0 fully saturated rings. The molecule has 0 aliphatic carbocycles. The minimum Gasteiger partial charge on any atom is -0.371 e. The summed E-state index contributed by atoms with van der Waals surface area (Å²) < 4.78 is 0. The van der Waals surface area contributed by atoms with Gasteiger partial charge in [-0.05, 0) is 36.1 Å². The van der Waals surface area contributed by atoms with Crippen LogP contribution in [-0.4, -0.2) is 19.6 Å². The van der Waals surface area contributed by atoms with E-state index in [-0.39, 0.29) is 0 Å². The second-order valence-electron chi connectivity index (χ2n) is 6.14. The molecule has 0 atom stereocenters. The van der Waals surface area contributed by atoms with Gasteiger partial charge in [0.05, 0.1) is 0 Å². The summed E-state index contributed by atoms with van der Waals surface area (Å²) in [6.45, 7) is 15.5. The van der Waals surface area contributed by atoms with Crippen molar-refractivity contribution in [1.82, 2.24) is 5.32 Å². The van der Waals surface area contributed by atoms with E-state index in [9.17, 15) is 0 Å². The van der Waals surface area contributed by atoms with Crippen LogP contribution in [0.1, 0.15) is 40.2 Å². The number of hydrogen-bond acceptors (Lipinski definition) is 2. The molecule has 1 aromatic rings. The first-order valence-electron chi connectivity index (χ1n) is 7.57.